The van der Waals surface area contributed by atoms with Crippen molar-refractivity contribution >= 4 is 35.1 Å². The molecule has 1 amide bonds. The maximum atomic E-state index is 12.4. The van der Waals surface area contributed by atoms with Crippen molar-refractivity contribution < 1.29 is 9.90 Å². The molecule has 1 aromatic carbocycles. The predicted octanol–water partition coefficient (Wildman–Crippen LogP) is 3.95. The standard InChI is InChI=1S/C25H30N8O2/c34-21-20(8-7-13-26-21)22(35)27-18-9-11-19(12-10-18)28-23-29-24(32-14-3-1-4-15-32)31-25(30-23)33-16-5-2-6-17-33/h7-13H,1-6,14-17H2,(H,26,34)(H,27,35)(H,28,29,30,31). The van der Waals surface area contributed by atoms with E-state index in [-0.39, 0.29) is 11.4 Å². The molecule has 4 heterocycles. The van der Waals surface area contributed by atoms with Crippen LogP contribution in [0.25, 0.3) is 0 Å². The van der Waals surface area contributed by atoms with E-state index in [2.05, 4.69) is 25.4 Å². The molecule has 0 radical (unpaired) electrons. The molecule has 0 aliphatic carbocycles. The Bertz CT molecular complexity index is 1120. The molecule has 10 heteroatoms. The van der Waals surface area contributed by atoms with Crippen LogP contribution in [0.4, 0.5) is 29.2 Å². The van der Waals surface area contributed by atoms with Gasteiger partial charge in [0.05, 0.1) is 0 Å². The van der Waals surface area contributed by atoms with Crippen LogP contribution in [0.3, 0.4) is 0 Å². The van der Waals surface area contributed by atoms with E-state index in [0.717, 1.165) is 69.4 Å². The van der Waals surface area contributed by atoms with Crippen molar-refractivity contribution in [3.63, 3.8) is 0 Å². The van der Waals surface area contributed by atoms with E-state index in [1.165, 1.54) is 25.1 Å². The summed E-state index contributed by atoms with van der Waals surface area (Å²) < 4.78 is 0. The van der Waals surface area contributed by atoms with Crippen molar-refractivity contribution in [1.82, 2.24) is 19.9 Å². The molecule has 2 aromatic heterocycles. The van der Waals surface area contributed by atoms with Crippen LogP contribution in [-0.2, 0) is 0 Å². The van der Waals surface area contributed by atoms with E-state index < -0.39 is 5.91 Å². The first-order valence-electron chi connectivity index (χ1n) is 12.2. The summed E-state index contributed by atoms with van der Waals surface area (Å²) in [6.45, 7) is 3.85. The molecule has 2 fully saturated rings. The normalized spacial score (nSPS) is 16.1. The van der Waals surface area contributed by atoms with E-state index in [9.17, 15) is 9.90 Å². The SMILES string of the molecule is O=C(Nc1ccc(Nc2nc(N3CCCCC3)nc(N3CCCCC3)n2)cc1)c1cccnc1O. The number of pyridine rings is 1. The molecule has 3 N–H and O–H groups in total. The van der Waals surface area contributed by atoms with Gasteiger partial charge in [0.2, 0.25) is 23.7 Å². The number of piperidine rings is 2. The Morgan fingerprint density at radius 2 is 1.34 bits per heavy atom. The number of amides is 1. The van der Waals surface area contributed by atoms with Gasteiger partial charge in [0.1, 0.15) is 5.56 Å². The van der Waals surface area contributed by atoms with Crippen molar-refractivity contribution in [2.24, 2.45) is 0 Å². The van der Waals surface area contributed by atoms with Crippen molar-refractivity contribution in [2.45, 2.75) is 38.5 Å². The van der Waals surface area contributed by atoms with Gasteiger partial charge in [0.15, 0.2) is 0 Å². The minimum absolute atomic E-state index is 0.121. The Labute approximate surface area is 204 Å². The molecule has 0 unspecified atom stereocenters. The Hall–Kier alpha value is -3.95. The highest BCUT2D eigenvalue weighted by atomic mass is 16.3. The van der Waals surface area contributed by atoms with Crippen LogP contribution in [-0.4, -0.2) is 57.1 Å². The molecule has 3 aromatic rings. The molecule has 0 saturated carbocycles. The van der Waals surface area contributed by atoms with Gasteiger partial charge in [-0.2, -0.15) is 15.0 Å². The number of aromatic hydroxyl groups is 1. The average molecular weight is 475 g/mol. The number of anilines is 5. The summed E-state index contributed by atoms with van der Waals surface area (Å²) in [6, 6.07) is 10.4. The zero-order valence-corrected chi connectivity index (χ0v) is 19.7. The fraction of sp³-hybridized carbons (Fsp3) is 0.400. The van der Waals surface area contributed by atoms with Gasteiger partial charge in [-0.1, -0.05) is 0 Å². The van der Waals surface area contributed by atoms with Gasteiger partial charge in [0, 0.05) is 43.8 Å². The fourth-order valence-corrected chi connectivity index (χ4v) is 4.42. The first kappa shape index (κ1) is 22.8. The third-order valence-electron chi connectivity index (χ3n) is 6.32. The number of hydrogen-bond acceptors (Lipinski definition) is 9. The van der Waals surface area contributed by atoms with Crippen molar-refractivity contribution in [1.29, 1.82) is 0 Å². The van der Waals surface area contributed by atoms with E-state index in [4.69, 9.17) is 15.0 Å². The molecule has 2 saturated heterocycles. The molecule has 5 rings (SSSR count). The first-order valence-corrected chi connectivity index (χ1v) is 12.2. The van der Waals surface area contributed by atoms with Crippen LogP contribution >= 0.6 is 0 Å². The Morgan fingerprint density at radius 3 is 1.91 bits per heavy atom. The van der Waals surface area contributed by atoms with Crippen LogP contribution in [0.15, 0.2) is 42.6 Å². The summed E-state index contributed by atoms with van der Waals surface area (Å²) in [4.78, 5) is 34.9. The van der Waals surface area contributed by atoms with Gasteiger partial charge < -0.3 is 25.5 Å². The molecule has 35 heavy (non-hydrogen) atoms. The number of nitrogens with one attached hydrogen (secondary N) is 2. The van der Waals surface area contributed by atoms with E-state index in [1.54, 1.807) is 18.2 Å². The molecule has 0 bridgehead atoms. The molecule has 182 valence electrons. The number of rotatable bonds is 6. The van der Waals surface area contributed by atoms with Gasteiger partial charge in [-0.05, 0) is 74.9 Å². The van der Waals surface area contributed by atoms with Crippen molar-refractivity contribution in [3.05, 3.63) is 48.2 Å². The van der Waals surface area contributed by atoms with E-state index in [0.29, 0.717) is 11.6 Å². The number of carbonyl (C=O) groups is 1. The molecule has 0 spiro atoms. The number of hydrogen-bond donors (Lipinski definition) is 3. The first-order chi connectivity index (χ1) is 17.2. The highest BCUT2D eigenvalue weighted by Gasteiger charge is 2.20. The predicted molar refractivity (Wildman–Crippen MR) is 136 cm³/mol. The van der Waals surface area contributed by atoms with Crippen LogP contribution in [0.2, 0.25) is 0 Å². The maximum absolute atomic E-state index is 12.4. The topological polar surface area (TPSA) is 119 Å². The highest BCUT2D eigenvalue weighted by Crippen LogP contribution is 2.25. The van der Waals surface area contributed by atoms with Crippen LogP contribution in [0.1, 0.15) is 48.9 Å². The second-order valence-corrected chi connectivity index (χ2v) is 8.89. The molecular weight excluding hydrogens is 444 g/mol. The largest absolute Gasteiger partial charge is 0.493 e. The van der Waals surface area contributed by atoms with Crippen LogP contribution in [0.5, 0.6) is 5.88 Å². The summed E-state index contributed by atoms with van der Waals surface area (Å²) in [6.07, 6.45) is 8.52. The Balaban J connectivity index is 1.32. The zero-order chi connectivity index (χ0) is 24.0. The monoisotopic (exact) mass is 474 g/mol. The zero-order valence-electron chi connectivity index (χ0n) is 19.7. The maximum Gasteiger partial charge on any atom is 0.261 e. The van der Waals surface area contributed by atoms with Gasteiger partial charge in [0.25, 0.3) is 5.91 Å². The van der Waals surface area contributed by atoms with Crippen molar-refractivity contribution in [2.75, 3.05) is 46.6 Å². The molecule has 2 aliphatic heterocycles. The quantitative estimate of drug-likeness (QED) is 0.488. The molecule has 10 nitrogen and oxygen atoms in total. The fourth-order valence-electron chi connectivity index (χ4n) is 4.42. The summed E-state index contributed by atoms with van der Waals surface area (Å²) in [5.41, 5.74) is 1.52. The van der Waals surface area contributed by atoms with Crippen LogP contribution in [0, 0.1) is 0 Å². The minimum atomic E-state index is -0.425. The van der Waals surface area contributed by atoms with Gasteiger partial charge in [-0.3, -0.25) is 4.79 Å². The van der Waals surface area contributed by atoms with Crippen molar-refractivity contribution in [3.8, 4) is 5.88 Å². The minimum Gasteiger partial charge on any atom is -0.493 e. The smallest absolute Gasteiger partial charge is 0.261 e. The Morgan fingerprint density at radius 1 is 0.771 bits per heavy atom. The third kappa shape index (κ3) is 5.59. The lowest BCUT2D eigenvalue weighted by Crippen LogP contribution is -2.34. The average Bonchev–Trinajstić information content (AvgIpc) is 2.91. The molecule has 2 aliphatic rings. The lowest BCUT2D eigenvalue weighted by Gasteiger charge is -2.30. The summed E-state index contributed by atoms with van der Waals surface area (Å²) in [7, 11) is 0. The van der Waals surface area contributed by atoms with E-state index >= 15 is 0 Å². The summed E-state index contributed by atoms with van der Waals surface area (Å²) in [5, 5.41) is 15.9. The number of benzene rings is 1. The number of nitrogens with zero attached hydrogens (tertiary/aromatic N) is 6. The number of carbonyl (C=O) groups excluding carboxylic acids is 1. The summed E-state index contributed by atoms with van der Waals surface area (Å²) >= 11 is 0. The van der Waals surface area contributed by atoms with Gasteiger partial charge in [-0.15, -0.1) is 0 Å². The number of aromatic nitrogens is 4. The van der Waals surface area contributed by atoms with Crippen LogP contribution < -0.4 is 20.4 Å². The van der Waals surface area contributed by atoms with Gasteiger partial charge in [-0.25, -0.2) is 4.98 Å². The second-order valence-electron chi connectivity index (χ2n) is 8.89. The lowest BCUT2D eigenvalue weighted by atomic mass is 10.1. The summed E-state index contributed by atoms with van der Waals surface area (Å²) in [5.74, 6) is 1.24. The highest BCUT2D eigenvalue weighted by molar-refractivity contribution is 6.05. The van der Waals surface area contributed by atoms with Gasteiger partial charge >= 0.3 is 0 Å². The lowest BCUT2D eigenvalue weighted by molar-refractivity contribution is 0.102. The molecular formula is C25H30N8O2. The molecule has 0 atom stereocenters. The van der Waals surface area contributed by atoms with E-state index in [1.807, 2.05) is 12.1 Å². The Kier molecular flexibility index (Phi) is 6.87. The second kappa shape index (κ2) is 10.5. The third-order valence-corrected chi connectivity index (χ3v) is 6.32.